The average Bonchev–Trinajstić information content (AvgIpc) is 2.79. The first-order valence-electron chi connectivity index (χ1n) is 10.7. The van der Waals surface area contributed by atoms with Gasteiger partial charge in [0, 0.05) is 41.5 Å². The van der Waals surface area contributed by atoms with Crippen molar-refractivity contribution in [2.45, 2.75) is 25.2 Å². The van der Waals surface area contributed by atoms with Crippen LogP contribution in [0.15, 0.2) is 64.5 Å². The number of benzene rings is 3. The van der Waals surface area contributed by atoms with E-state index in [9.17, 15) is 18.6 Å². The summed E-state index contributed by atoms with van der Waals surface area (Å²) in [6, 6.07) is 15.0. The van der Waals surface area contributed by atoms with Crippen LogP contribution in [0.2, 0.25) is 0 Å². The molecule has 0 heterocycles. The molecule has 0 spiro atoms. The Morgan fingerprint density at radius 2 is 1.73 bits per heavy atom. The van der Waals surface area contributed by atoms with Gasteiger partial charge < -0.3 is 15.1 Å². The van der Waals surface area contributed by atoms with Gasteiger partial charge in [0.2, 0.25) is 10.0 Å². The second-order valence-electron chi connectivity index (χ2n) is 7.41. The summed E-state index contributed by atoms with van der Waals surface area (Å²) in [7, 11) is -3.73. The van der Waals surface area contributed by atoms with Crippen LogP contribution in [-0.2, 0) is 27.1 Å². The maximum Gasteiger partial charge on any atom is 0.240 e. The molecule has 3 rings (SSSR count). The number of phenols is 2. The molecule has 0 saturated heterocycles. The zero-order valence-corrected chi connectivity index (χ0v) is 20.4. The SMILES string of the molecule is CCN(CC)CCCNS(=O)(=O)c1ccc(N=Cc2c(O)ccc3ccccc23)c(O)c1.[Cu]. The normalized spacial score (nSPS) is 11.8. The summed E-state index contributed by atoms with van der Waals surface area (Å²) in [6.45, 7) is 7.13. The van der Waals surface area contributed by atoms with Crippen LogP contribution in [0.5, 0.6) is 11.5 Å². The fourth-order valence-corrected chi connectivity index (χ4v) is 4.56. The van der Waals surface area contributed by atoms with Crippen LogP contribution in [0.3, 0.4) is 0 Å². The predicted molar refractivity (Wildman–Crippen MR) is 129 cm³/mol. The van der Waals surface area contributed by atoms with Crippen LogP contribution in [0.1, 0.15) is 25.8 Å². The smallest absolute Gasteiger partial charge is 0.240 e. The number of phenolic OH excluding ortho intramolecular Hbond substituents is 2. The summed E-state index contributed by atoms with van der Waals surface area (Å²) in [5.41, 5.74) is 0.729. The second kappa shape index (κ2) is 12.2. The van der Waals surface area contributed by atoms with Gasteiger partial charge in [0.25, 0.3) is 0 Å². The molecule has 1 radical (unpaired) electrons. The van der Waals surface area contributed by atoms with Crippen molar-refractivity contribution in [1.82, 2.24) is 9.62 Å². The average molecular weight is 519 g/mol. The molecule has 0 unspecified atom stereocenters. The van der Waals surface area contributed by atoms with E-state index in [1.54, 1.807) is 6.07 Å². The van der Waals surface area contributed by atoms with Crippen LogP contribution in [0, 0.1) is 0 Å². The topological polar surface area (TPSA) is 102 Å². The Morgan fingerprint density at radius 3 is 2.42 bits per heavy atom. The number of nitrogens with one attached hydrogen (secondary N) is 1. The van der Waals surface area contributed by atoms with Gasteiger partial charge in [0.05, 0.1) is 4.90 Å². The van der Waals surface area contributed by atoms with Crippen molar-refractivity contribution in [3.63, 3.8) is 0 Å². The van der Waals surface area contributed by atoms with Gasteiger partial charge in [-0.05, 0) is 55.0 Å². The second-order valence-corrected chi connectivity index (χ2v) is 9.17. The molecule has 0 aliphatic heterocycles. The third kappa shape index (κ3) is 6.79. The minimum atomic E-state index is -3.73. The number of aliphatic imine (C=N–C) groups is 1. The molecule has 0 fully saturated rings. The van der Waals surface area contributed by atoms with E-state index in [0.29, 0.717) is 18.5 Å². The Bertz CT molecular complexity index is 1210. The summed E-state index contributed by atoms with van der Waals surface area (Å²) >= 11 is 0. The van der Waals surface area contributed by atoms with E-state index in [1.807, 2.05) is 30.3 Å². The molecular weight excluding hydrogens is 490 g/mol. The number of nitrogens with zero attached hydrogens (tertiary/aromatic N) is 2. The van der Waals surface area contributed by atoms with E-state index in [0.717, 1.165) is 30.4 Å². The number of rotatable bonds is 10. The van der Waals surface area contributed by atoms with E-state index >= 15 is 0 Å². The van der Waals surface area contributed by atoms with E-state index in [4.69, 9.17) is 0 Å². The summed E-state index contributed by atoms with van der Waals surface area (Å²) < 4.78 is 27.7. The van der Waals surface area contributed by atoms with Crippen molar-refractivity contribution in [2.75, 3.05) is 26.2 Å². The van der Waals surface area contributed by atoms with Gasteiger partial charge in [-0.2, -0.15) is 0 Å². The van der Waals surface area contributed by atoms with Gasteiger partial charge in [-0.15, -0.1) is 0 Å². The Hall–Kier alpha value is -2.42. The number of sulfonamides is 1. The molecule has 0 bridgehead atoms. The van der Waals surface area contributed by atoms with Crippen LogP contribution in [0.25, 0.3) is 10.8 Å². The van der Waals surface area contributed by atoms with E-state index in [2.05, 4.69) is 28.5 Å². The summed E-state index contributed by atoms with van der Waals surface area (Å²) in [4.78, 5) is 6.47. The largest absolute Gasteiger partial charge is 0.507 e. The Labute approximate surface area is 205 Å². The molecule has 3 aromatic rings. The molecule has 0 aromatic heterocycles. The summed E-state index contributed by atoms with van der Waals surface area (Å²) in [6.07, 6.45) is 2.16. The van der Waals surface area contributed by atoms with Crippen LogP contribution < -0.4 is 4.72 Å². The Morgan fingerprint density at radius 1 is 1.00 bits per heavy atom. The van der Waals surface area contributed by atoms with Gasteiger partial charge in [-0.25, -0.2) is 13.1 Å². The van der Waals surface area contributed by atoms with Gasteiger partial charge >= 0.3 is 0 Å². The van der Waals surface area contributed by atoms with Gasteiger partial charge in [0.15, 0.2) is 0 Å². The molecule has 9 heteroatoms. The van der Waals surface area contributed by atoms with Gasteiger partial charge in [0.1, 0.15) is 17.2 Å². The molecule has 0 amide bonds. The number of fused-ring (bicyclic) bond motifs is 1. The van der Waals surface area contributed by atoms with E-state index in [1.165, 1.54) is 24.4 Å². The van der Waals surface area contributed by atoms with E-state index < -0.39 is 10.0 Å². The first-order chi connectivity index (χ1) is 15.4. The van der Waals surface area contributed by atoms with Crippen molar-refractivity contribution in [2.24, 2.45) is 4.99 Å². The van der Waals surface area contributed by atoms with Crippen molar-refractivity contribution < 1.29 is 35.7 Å². The molecule has 0 atom stereocenters. The van der Waals surface area contributed by atoms with Crippen LogP contribution in [-0.4, -0.2) is 55.9 Å². The monoisotopic (exact) mass is 518 g/mol. The third-order valence-corrected chi connectivity index (χ3v) is 6.83. The summed E-state index contributed by atoms with van der Waals surface area (Å²) in [5.74, 6) is -0.188. The third-order valence-electron chi connectivity index (χ3n) is 5.38. The standard InChI is InChI=1S/C24H29N3O4S.Cu/c1-3-27(4-2)15-7-14-26-32(30,31)19-11-12-22(24(29)16-19)25-17-21-20-9-6-5-8-18(20)10-13-23(21)28;/h5-6,8-13,16-17,26,28-29H,3-4,7,14-15H2,1-2H3;. The van der Waals surface area contributed by atoms with Gasteiger partial charge in [-0.1, -0.05) is 44.2 Å². The maximum atomic E-state index is 12.5. The molecule has 181 valence electrons. The molecule has 0 saturated carbocycles. The molecule has 3 N–H and O–H groups in total. The van der Waals surface area contributed by atoms with Crippen molar-refractivity contribution in [1.29, 1.82) is 0 Å². The number of hydrogen-bond donors (Lipinski definition) is 3. The number of hydrogen-bond acceptors (Lipinski definition) is 6. The minimum Gasteiger partial charge on any atom is -0.507 e. The van der Waals surface area contributed by atoms with Crippen molar-refractivity contribution >= 4 is 32.7 Å². The molecule has 3 aromatic carbocycles. The molecule has 33 heavy (non-hydrogen) atoms. The first-order valence-corrected chi connectivity index (χ1v) is 12.1. The summed E-state index contributed by atoms with van der Waals surface area (Å²) in [5, 5.41) is 22.4. The zero-order valence-electron chi connectivity index (χ0n) is 18.6. The molecule has 0 aliphatic carbocycles. The van der Waals surface area contributed by atoms with Crippen molar-refractivity contribution in [3.05, 3.63) is 60.2 Å². The predicted octanol–water partition coefficient (Wildman–Crippen LogP) is 4.01. The van der Waals surface area contributed by atoms with Crippen molar-refractivity contribution in [3.8, 4) is 11.5 Å². The number of aromatic hydroxyl groups is 2. The Balaban J connectivity index is 0.00000385. The van der Waals surface area contributed by atoms with E-state index in [-0.39, 0.29) is 39.2 Å². The fourth-order valence-electron chi connectivity index (χ4n) is 3.47. The van der Waals surface area contributed by atoms with Crippen LogP contribution in [0.4, 0.5) is 5.69 Å². The molecular formula is C24H29CuN3O4S. The van der Waals surface area contributed by atoms with Crippen LogP contribution >= 0.6 is 0 Å². The zero-order chi connectivity index (χ0) is 23.1. The fraction of sp³-hybridized carbons (Fsp3) is 0.292. The molecule has 7 nitrogen and oxygen atoms in total. The quantitative estimate of drug-likeness (QED) is 0.214. The maximum absolute atomic E-state index is 12.5. The minimum absolute atomic E-state index is 0. The van der Waals surface area contributed by atoms with Gasteiger partial charge in [-0.3, -0.25) is 4.99 Å². The Kier molecular flexibility index (Phi) is 9.88. The first kappa shape index (κ1) is 26.8. The molecule has 0 aliphatic rings.